The third-order valence-electron chi connectivity index (χ3n) is 5.71. The Hall–Kier alpha value is -2.20. The van der Waals surface area contributed by atoms with Crippen molar-refractivity contribution < 1.29 is 4.79 Å². The van der Waals surface area contributed by atoms with Gasteiger partial charge < -0.3 is 10.2 Å². The van der Waals surface area contributed by atoms with Gasteiger partial charge in [-0.1, -0.05) is 37.6 Å². The quantitative estimate of drug-likeness (QED) is 0.687. The van der Waals surface area contributed by atoms with Crippen LogP contribution < -0.4 is 5.32 Å². The van der Waals surface area contributed by atoms with Gasteiger partial charge in [0.25, 0.3) is 0 Å². The first kappa shape index (κ1) is 21.5. The molecule has 1 aliphatic rings. The van der Waals surface area contributed by atoms with E-state index in [4.69, 9.17) is 0 Å². The van der Waals surface area contributed by atoms with Crippen LogP contribution in [0.4, 0.5) is 0 Å². The van der Waals surface area contributed by atoms with Crippen molar-refractivity contribution in [1.29, 1.82) is 0 Å². The minimum Gasteiger partial charge on any atom is -0.336 e. The van der Waals surface area contributed by atoms with E-state index in [2.05, 4.69) is 49.8 Å². The molecule has 0 saturated carbocycles. The minimum atomic E-state index is 0.0143. The van der Waals surface area contributed by atoms with Crippen LogP contribution in [0.2, 0.25) is 0 Å². The minimum absolute atomic E-state index is 0.0143. The number of carbonyl (C=O) groups is 1. The number of hydrogen-bond acceptors (Lipinski definition) is 3. The summed E-state index contributed by atoms with van der Waals surface area (Å²) in [5.41, 5.74) is 1.95. The van der Waals surface area contributed by atoms with Crippen molar-refractivity contribution in [2.24, 2.45) is 0 Å². The summed E-state index contributed by atoms with van der Waals surface area (Å²) in [6.07, 6.45) is 9.51. The van der Waals surface area contributed by atoms with Crippen molar-refractivity contribution in [3.63, 3.8) is 0 Å². The van der Waals surface area contributed by atoms with Gasteiger partial charge in [0, 0.05) is 46.9 Å². The molecule has 0 unspecified atom stereocenters. The Labute approximate surface area is 175 Å². The Morgan fingerprint density at radius 3 is 2.55 bits per heavy atom. The molecule has 0 atom stereocenters. The third-order valence-corrected chi connectivity index (χ3v) is 5.71. The van der Waals surface area contributed by atoms with E-state index >= 15 is 0 Å². The number of nitrogens with zero attached hydrogens (tertiary/aromatic N) is 2. The highest BCUT2D eigenvalue weighted by Gasteiger charge is 2.40. The van der Waals surface area contributed by atoms with Gasteiger partial charge in [-0.2, -0.15) is 0 Å². The molecule has 0 spiro atoms. The van der Waals surface area contributed by atoms with Crippen molar-refractivity contribution in [2.75, 3.05) is 6.54 Å². The van der Waals surface area contributed by atoms with Crippen LogP contribution >= 0.6 is 0 Å². The molecule has 0 bridgehead atoms. The Morgan fingerprint density at radius 1 is 1.17 bits per heavy atom. The van der Waals surface area contributed by atoms with E-state index in [1.165, 1.54) is 0 Å². The zero-order valence-corrected chi connectivity index (χ0v) is 18.5. The lowest BCUT2D eigenvalue weighted by atomic mass is 9.79. The van der Waals surface area contributed by atoms with E-state index < -0.39 is 0 Å². The molecule has 29 heavy (non-hydrogen) atoms. The standard InChI is InChI=1S/C25H35N3O/c1-6-7-16-28(21-17-24(2,3)27-25(4,5)18-21)22(29)14-13-20-11-8-10-19-12-9-15-26-23(19)20/h8-15,21,27H,6-7,16-18H2,1-5H3/b14-13+. The van der Waals surface area contributed by atoms with Crippen LogP contribution in [-0.2, 0) is 4.79 Å². The lowest BCUT2D eigenvalue weighted by Gasteiger charge is -2.49. The zero-order chi connectivity index (χ0) is 21.1. The maximum Gasteiger partial charge on any atom is 0.246 e. The number of amides is 1. The van der Waals surface area contributed by atoms with E-state index in [1.807, 2.05) is 36.4 Å². The molecule has 4 nitrogen and oxygen atoms in total. The van der Waals surface area contributed by atoms with Gasteiger partial charge in [0.05, 0.1) is 5.52 Å². The van der Waals surface area contributed by atoms with E-state index in [-0.39, 0.29) is 23.0 Å². The lowest BCUT2D eigenvalue weighted by molar-refractivity contribution is -0.130. The number of nitrogens with one attached hydrogen (secondary N) is 1. The molecule has 0 aliphatic carbocycles. The molecule has 0 radical (unpaired) electrons. The molecule has 1 aliphatic heterocycles. The summed E-state index contributed by atoms with van der Waals surface area (Å²) in [5.74, 6) is 0.102. The second kappa shape index (κ2) is 8.66. The smallest absolute Gasteiger partial charge is 0.246 e. The SMILES string of the molecule is CCCCN(C(=O)/C=C/c1cccc2cccnc12)C1CC(C)(C)NC(C)(C)C1. The summed E-state index contributed by atoms with van der Waals surface area (Å²) < 4.78 is 0. The van der Waals surface area contributed by atoms with E-state index in [9.17, 15) is 4.79 Å². The van der Waals surface area contributed by atoms with Gasteiger partial charge in [0.2, 0.25) is 5.91 Å². The monoisotopic (exact) mass is 393 g/mol. The van der Waals surface area contributed by atoms with Crippen LogP contribution in [-0.4, -0.2) is 39.5 Å². The van der Waals surface area contributed by atoms with Crippen molar-refractivity contribution >= 4 is 22.9 Å². The van der Waals surface area contributed by atoms with Gasteiger partial charge in [0.1, 0.15) is 0 Å². The highest BCUT2D eigenvalue weighted by atomic mass is 16.2. The van der Waals surface area contributed by atoms with E-state index in [0.29, 0.717) is 0 Å². The number of rotatable bonds is 6. The molecular formula is C25H35N3O. The van der Waals surface area contributed by atoms with Crippen LogP contribution in [0.25, 0.3) is 17.0 Å². The van der Waals surface area contributed by atoms with Gasteiger partial charge in [-0.3, -0.25) is 9.78 Å². The summed E-state index contributed by atoms with van der Waals surface area (Å²) in [7, 11) is 0. The fourth-order valence-corrected chi connectivity index (χ4v) is 4.81. The van der Waals surface area contributed by atoms with Crippen LogP contribution in [0.1, 0.15) is 65.9 Å². The fraction of sp³-hybridized carbons (Fsp3) is 0.520. The molecular weight excluding hydrogens is 358 g/mol. The number of benzene rings is 1. The predicted molar refractivity (Wildman–Crippen MR) is 122 cm³/mol. The number of aromatic nitrogens is 1. The second-order valence-corrected chi connectivity index (χ2v) is 9.60. The van der Waals surface area contributed by atoms with Crippen molar-refractivity contribution in [3.8, 4) is 0 Å². The summed E-state index contributed by atoms with van der Waals surface area (Å²) in [6, 6.07) is 10.3. The fourth-order valence-electron chi connectivity index (χ4n) is 4.81. The summed E-state index contributed by atoms with van der Waals surface area (Å²) in [4.78, 5) is 19.9. The molecule has 3 rings (SSSR count). The van der Waals surface area contributed by atoms with Crippen molar-refractivity contribution in [2.45, 2.75) is 77.4 Å². The maximum absolute atomic E-state index is 13.3. The third kappa shape index (κ3) is 5.45. The Kier molecular flexibility index (Phi) is 6.42. The molecule has 156 valence electrons. The molecule has 1 aromatic heterocycles. The number of carbonyl (C=O) groups excluding carboxylic acids is 1. The Balaban J connectivity index is 1.84. The molecule has 2 aromatic rings. The zero-order valence-electron chi connectivity index (χ0n) is 18.5. The first-order valence-electron chi connectivity index (χ1n) is 10.8. The number of fused-ring (bicyclic) bond motifs is 1. The van der Waals surface area contributed by atoms with E-state index in [1.54, 1.807) is 12.3 Å². The van der Waals surface area contributed by atoms with Crippen LogP contribution in [0.3, 0.4) is 0 Å². The summed E-state index contributed by atoms with van der Waals surface area (Å²) in [5, 5.41) is 4.82. The molecule has 2 heterocycles. The van der Waals surface area contributed by atoms with Gasteiger partial charge in [-0.15, -0.1) is 0 Å². The van der Waals surface area contributed by atoms with Crippen LogP contribution in [0, 0.1) is 0 Å². The van der Waals surface area contributed by atoms with Crippen LogP contribution in [0.15, 0.2) is 42.6 Å². The van der Waals surface area contributed by atoms with Gasteiger partial charge in [-0.05, 0) is 59.1 Å². The molecule has 1 aromatic carbocycles. The number of piperidine rings is 1. The predicted octanol–water partition coefficient (Wildman–Crippen LogP) is 5.19. The number of para-hydroxylation sites is 1. The number of pyridine rings is 1. The average Bonchev–Trinajstić information content (AvgIpc) is 2.64. The molecule has 4 heteroatoms. The average molecular weight is 394 g/mol. The highest BCUT2D eigenvalue weighted by Crippen LogP contribution is 2.32. The van der Waals surface area contributed by atoms with Gasteiger partial charge in [0.15, 0.2) is 0 Å². The molecule has 1 saturated heterocycles. The Bertz CT molecular complexity index is 863. The lowest BCUT2D eigenvalue weighted by Crippen LogP contribution is -2.62. The van der Waals surface area contributed by atoms with Gasteiger partial charge in [-0.25, -0.2) is 0 Å². The Morgan fingerprint density at radius 2 is 1.86 bits per heavy atom. The van der Waals surface area contributed by atoms with E-state index in [0.717, 1.165) is 48.7 Å². The highest BCUT2D eigenvalue weighted by molar-refractivity contribution is 5.95. The first-order chi connectivity index (χ1) is 13.7. The van der Waals surface area contributed by atoms with Crippen molar-refractivity contribution in [1.82, 2.24) is 15.2 Å². The van der Waals surface area contributed by atoms with Crippen LogP contribution in [0.5, 0.6) is 0 Å². The normalized spacial score (nSPS) is 18.9. The van der Waals surface area contributed by atoms with Gasteiger partial charge >= 0.3 is 0 Å². The van der Waals surface area contributed by atoms with Crippen molar-refractivity contribution in [3.05, 3.63) is 48.2 Å². The summed E-state index contributed by atoms with van der Waals surface area (Å²) in [6.45, 7) is 11.9. The molecule has 1 N–H and O–H groups in total. The molecule has 1 amide bonds. The number of hydrogen-bond donors (Lipinski definition) is 1. The molecule has 1 fully saturated rings. The number of unbranched alkanes of at least 4 members (excludes halogenated alkanes) is 1. The largest absolute Gasteiger partial charge is 0.336 e. The maximum atomic E-state index is 13.3. The summed E-state index contributed by atoms with van der Waals surface area (Å²) >= 11 is 0. The first-order valence-corrected chi connectivity index (χ1v) is 10.8. The second-order valence-electron chi connectivity index (χ2n) is 9.60. The topological polar surface area (TPSA) is 45.2 Å².